The van der Waals surface area contributed by atoms with Crippen molar-refractivity contribution in [3.8, 4) is 0 Å². The predicted molar refractivity (Wildman–Crippen MR) is 99.2 cm³/mol. The summed E-state index contributed by atoms with van der Waals surface area (Å²) in [6, 6.07) is 16.0. The maximum Gasteiger partial charge on any atom is 0.159 e. The highest BCUT2D eigenvalue weighted by Gasteiger charge is 2.31. The molecule has 0 spiro atoms. The Bertz CT molecular complexity index is 896. The molecule has 5 heteroatoms. The van der Waals surface area contributed by atoms with Gasteiger partial charge in [0.1, 0.15) is 0 Å². The quantitative estimate of drug-likeness (QED) is 0.718. The zero-order valence-corrected chi connectivity index (χ0v) is 14.9. The number of aliphatic hydroxyl groups is 1. The molecular weight excluding hydrogens is 352 g/mol. The summed E-state index contributed by atoms with van der Waals surface area (Å²) < 4.78 is 26.7. The number of aliphatic hydroxyl groups excluding tert-OH is 1. The fourth-order valence-corrected chi connectivity index (χ4v) is 4.54. The van der Waals surface area contributed by atoms with E-state index in [1.165, 1.54) is 22.1 Å². The number of thiophene rings is 1. The Morgan fingerprint density at radius 3 is 2.65 bits per heavy atom. The van der Waals surface area contributed by atoms with E-state index < -0.39 is 17.7 Å². The molecular formula is C21H19F2NOS. The van der Waals surface area contributed by atoms with Crippen LogP contribution in [0.25, 0.3) is 0 Å². The number of hydrogen-bond acceptors (Lipinski definition) is 3. The van der Waals surface area contributed by atoms with Crippen LogP contribution in [-0.4, -0.2) is 23.1 Å². The van der Waals surface area contributed by atoms with Crippen molar-refractivity contribution in [2.75, 3.05) is 13.1 Å². The highest BCUT2D eigenvalue weighted by atomic mass is 32.1. The second-order valence-electron chi connectivity index (χ2n) is 6.55. The monoisotopic (exact) mass is 371 g/mol. The van der Waals surface area contributed by atoms with E-state index in [-0.39, 0.29) is 6.04 Å². The van der Waals surface area contributed by atoms with E-state index in [1.54, 1.807) is 11.3 Å². The third-order valence-corrected chi connectivity index (χ3v) is 5.91. The van der Waals surface area contributed by atoms with Gasteiger partial charge in [0.25, 0.3) is 0 Å². The molecule has 0 fully saturated rings. The van der Waals surface area contributed by atoms with Crippen molar-refractivity contribution in [3.63, 3.8) is 0 Å². The fourth-order valence-electron chi connectivity index (χ4n) is 3.64. The van der Waals surface area contributed by atoms with Crippen molar-refractivity contribution >= 4 is 11.3 Å². The Morgan fingerprint density at radius 1 is 1.08 bits per heavy atom. The van der Waals surface area contributed by atoms with Gasteiger partial charge in [0, 0.05) is 18.0 Å². The Morgan fingerprint density at radius 2 is 1.88 bits per heavy atom. The minimum atomic E-state index is -0.931. The molecule has 2 unspecified atom stereocenters. The van der Waals surface area contributed by atoms with Gasteiger partial charge in [-0.2, -0.15) is 0 Å². The first kappa shape index (κ1) is 17.3. The van der Waals surface area contributed by atoms with E-state index >= 15 is 0 Å². The third-order valence-electron chi connectivity index (χ3n) is 4.92. The van der Waals surface area contributed by atoms with Crippen LogP contribution >= 0.6 is 11.3 Å². The van der Waals surface area contributed by atoms with Gasteiger partial charge in [-0.05, 0) is 46.7 Å². The van der Waals surface area contributed by atoms with Crippen molar-refractivity contribution in [3.05, 3.63) is 93.2 Å². The maximum atomic E-state index is 13.5. The number of fused-ring (bicyclic) bond motifs is 1. The van der Waals surface area contributed by atoms with E-state index in [2.05, 4.69) is 28.5 Å². The van der Waals surface area contributed by atoms with Crippen molar-refractivity contribution < 1.29 is 13.9 Å². The first-order chi connectivity index (χ1) is 12.6. The molecule has 1 N–H and O–H groups in total. The fraction of sp³-hybridized carbons (Fsp3) is 0.238. The molecule has 1 aromatic heterocycles. The lowest BCUT2D eigenvalue weighted by atomic mass is 9.92. The molecule has 2 atom stereocenters. The molecule has 4 rings (SSSR count). The van der Waals surface area contributed by atoms with Gasteiger partial charge < -0.3 is 5.11 Å². The molecule has 2 aromatic carbocycles. The molecule has 0 saturated carbocycles. The van der Waals surface area contributed by atoms with Crippen LogP contribution in [0.5, 0.6) is 0 Å². The number of hydrogen-bond donors (Lipinski definition) is 1. The number of β-amino-alcohol motifs (C(OH)–C–C–N with tert-alkyl or cyclic N) is 1. The summed E-state index contributed by atoms with van der Waals surface area (Å²) in [6.07, 6.45) is 0.0531. The molecule has 0 bridgehead atoms. The van der Waals surface area contributed by atoms with Crippen molar-refractivity contribution in [2.45, 2.75) is 18.6 Å². The molecule has 0 radical (unpaired) electrons. The van der Waals surface area contributed by atoms with Crippen LogP contribution in [0, 0.1) is 11.6 Å². The first-order valence-electron chi connectivity index (χ1n) is 8.62. The van der Waals surface area contributed by atoms with Gasteiger partial charge in [0.05, 0.1) is 12.1 Å². The van der Waals surface area contributed by atoms with Crippen LogP contribution < -0.4 is 0 Å². The Hall–Kier alpha value is -2.08. The summed E-state index contributed by atoms with van der Waals surface area (Å²) in [5.74, 6) is -1.83. The third kappa shape index (κ3) is 3.30. The van der Waals surface area contributed by atoms with Gasteiger partial charge in [-0.15, -0.1) is 11.3 Å². The van der Waals surface area contributed by atoms with E-state index in [0.717, 1.165) is 25.1 Å². The Balaban J connectivity index is 1.63. The minimum absolute atomic E-state index is 0.0612. The molecule has 1 aliphatic rings. The summed E-state index contributed by atoms with van der Waals surface area (Å²) in [5.41, 5.74) is 2.83. The zero-order chi connectivity index (χ0) is 18.1. The van der Waals surface area contributed by atoms with E-state index in [9.17, 15) is 13.9 Å². The van der Waals surface area contributed by atoms with E-state index in [0.29, 0.717) is 12.1 Å². The van der Waals surface area contributed by atoms with Crippen LogP contribution in [0.1, 0.15) is 33.7 Å². The topological polar surface area (TPSA) is 23.5 Å². The standard InChI is InChI=1S/C21H19F2NOS/c22-17-7-6-15(12-18(17)23)19(25)13-24-10-8-20-16(9-11-26-20)21(24)14-4-2-1-3-5-14/h1-7,9,11-12,19,21,25H,8,10,13H2. The number of benzene rings is 2. The van der Waals surface area contributed by atoms with E-state index in [4.69, 9.17) is 0 Å². The molecule has 0 aliphatic carbocycles. The lowest BCUT2D eigenvalue weighted by Gasteiger charge is -2.37. The second-order valence-corrected chi connectivity index (χ2v) is 7.55. The predicted octanol–water partition coefficient (Wildman–Crippen LogP) is 4.71. The SMILES string of the molecule is OC(CN1CCc2sccc2C1c1ccccc1)c1ccc(F)c(F)c1. The molecule has 0 amide bonds. The van der Waals surface area contributed by atoms with Crippen molar-refractivity contribution in [1.29, 1.82) is 0 Å². The number of halogens is 2. The van der Waals surface area contributed by atoms with Crippen LogP contribution in [0.3, 0.4) is 0 Å². The largest absolute Gasteiger partial charge is 0.387 e. The molecule has 1 aliphatic heterocycles. The highest BCUT2D eigenvalue weighted by molar-refractivity contribution is 7.10. The van der Waals surface area contributed by atoms with Gasteiger partial charge in [0.2, 0.25) is 0 Å². The molecule has 2 nitrogen and oxygen atoms in total. The Kier molecular flexibility index (Phi) is 4.85. The van der Waals surface area contributed by atoms with Gasteiger partial charge in [-0.1, -0.05) is 36.4 Å². The highest BCUT2D eigenvalue weighted by Crippen LogP contribution is 2.38. The molecule has 3 aromatic rings. The van der Waals surface area contributed by atoms with Gasteiger partial charge >= 0.3 is 0 Å². The van der Waals surface area contributed by atoms with Gasteiger partial charge in [-0.25, -0.2) is 8.78 Å². The molecule has 0 saturated heterocycles. The lowest BCUT2D eigenvalue weighted by molar-refractivity contribution is 0.0924. The normalized spacial score (nSPS) is 18.5. The first-order valence-corrected chi connectivity index (χ1v) is 9.49. The smallest absolute Gasteiger partial charge is 0.159 e. The summed E-state index contributed by atoms with van der Waals surface area (Å²) in [6.45, 7) is 1.17. The lowest BCUT2D eigenvalue weighted by Crippen LogP contribution is -2.38. The van der Waals surface area contributed by atoms with Crippen LogP contribution in [0.2, 0.25) is 0 Å². The van der Waals surface area contributed by atoms with Crippen molar-refractivity contribution in [2.24, 2.45) is 0 Å². The van der Waals surface area contributed by atoms with Gasteiger partial charge in [0.15, 0.2) is 11.6 Å². The average Bonchev–Trinajstić information content (AvgIpc) is 3.13. The molecule has 2 heterocycles. The summed E-state index contributed by atoms with van der Waals surface area (Å²) in [7, 11) is 0. The average molecular weight is 371 g/mol. The molecule has 26 heavy (non-hydrogen) atoms. The van der Waals surface area contributed by atoms with E-state index in [1.807, 2.05) is 18.2 Å². The summed E-state index contributed by atoms with van der Waals surface area (Å²) in [5, 5.41) is 12.7. The summed E-state index contributed by atoms with van der Waals surface area (Å²) in [4.78, 5) is 3.59. The maximum absolute atomic E-state index is 13.5. The van der Waals surface area contributed by atoms with Crippen LogP contribution in [-0.2, 0) is 6.42 Å². The summed E-state index contributed by atoms with van der Waals surface area (Å²) >= 11 is 1.76. The second kappa shape index (κ2) is 7.27. The number of rotatable bonds is 4. The van der Waals surface area contributed by atoms with Crippen LogP contribution in [0.4, 0.5) is 8.78 Å². The van der Waals surface area contributed by atoms with Gasteiger partial charge in [-0.3, -0.25) is 4.90 Å². The zero-order valence-electron chi connectivity index (χ0n) is 14.1. The van der Waals surface area contributed by atoms with Crippen LogP contribution in [0.15, 0.2) is 60.0 Å². The molecule has 134 valence electrons. The Labute approximate surface area is 155 Å². The van der Waals surface area contributed by atoms with Crippen molar-refractivity contribution in [1.82, 2.24) is 4.90 Å². The minimum Gasteiger partial charge on any atom is -0.387 e. The number of nitrogens with zero attached hydrogens (tertiary/aromatic N) is 1.